The fourth-order valence-corrected chi connectivity index (χ4v) is 4.07. The molecule has 0 aliphatic carbocycles. The molecular formula is C23H25NO3S. The number of thioether (sulfide) groups is 1. The standard InChI is InChI=1S/C23H25NO3S/c1-14(2)27-19-11-9-17(10-12-19)20-21(28-15(3)4)23(26)24(22(20)25)18-8-6-7-16(5)13-18/h6-15H,1-5H3. The van der Waals surface area contributed by atoms with Crippen LogP contribution in [0.4, 0.5) is 5.69 Å². The van der Waals surface area contributed by atoms with Crippen molar-refractivity contribution >= 4 is 34.8 Å². The molecule has 2 amide bonds. The molecule has 0 N–H and O–H groups in total. The number of rotatable bonds is 6. The van der Waals surface area contributed by atoms with E-state index in [-0.39, 0.29) is 23.2 Å². The van der Waals surface area contributed by atoms with Crippen LogP contribution in [0.2, 0.25) is 0 Å². The second-order valence-electron chi connectivity index (χ2n) is 7.35. The Morgan fingerprint density at radius 2 is 1.61 bits per heavy atom. The zero-order chi connectivity index (χ0) is 20.4. The van der Waals surface area contributed by atoms with Gasteiger partial charge in [0.2, 0.25) is 0 Å². The molecule has 1 aliphatic rings. The van der Waals surface area contributed by atoms with Crippen LogP contribution in [-0.2, 0) is 9.59 Å². The lowest BCUT2D eigenvalue weighted by Gasteiger charge is -2.16. The molecule has 0 radical (unpaired) electrons. The number of amides is 2. The first-order valence-corrected chi connectivity index (χ1v) is 10.3. The number of hydrogen-bond donors (Lipinski definition) is 0. The van der Waals surface area contributed by atoms with Gasteiger partial charge in [-0.25, -0.2) is 4.90 Å². The zero-order valence-corrected chi connectivity index (χ0v) is 17.7. The summed E-state index contributed by atoms with van der Waals surface area (Å²) in [5.41, 5.74) is 2.79. The fourth-order valence-electron chi connectivity index (χ4n) is 3.08. The van der Waals surface area contributed by atoms with Crippen LogP contribution in [0.5, 0.6) is 5.75 Å². The van der Waals surface area contributed by atoms with Crippen LogP contribution in [0, 0.1) is 6.92 Å². The van der Waals surface area contributed by atoms with Gasteiger partial charge in [-0.15, -0.1) is 11.8 Å². The number of nitrogens with zero attached hydrogens (tertiary/aromatic N) is 1. The summed E-state index contributed by atoms with van der Waals surface area (Å²) < 4.78 is 5.69. The average molecular weight is 396 g/mol. The van der Waals surface area contributed by atoms with Gasteiger partial charge in [0.1, 0.15) is 5.75 Å². The molecule has 0 fully saturated rings. The van der Waals surface area contributed by atoms with Crippen LogP contribution in [0.1, 0.15) is 38.8 Å². The summed E-state index contributed by atoms with van der Waals surface area (Å²) >= 11 is 1.43. The molecule has 0 atom stereocenters. The van der Waals surface area contributed by atoms with Crippen molar-refractivity contribution in [2.75, 3.05) is 4.90 Å². The first-order chi connectivity index (χ1) is 13.3. The Labute approximate surface area is 170 Å². The first kappa shape index (κ1) is 20.2. The Hall–Kier alpha value is -2.53. The molecule has 28 heavy (non-hydrogen) atoms. The highest BCUT2D eigenvalue weighted by molar-refractivity contribution is 8.04. The second-order valence-corrected chi connectivity index (χ2v) is 8.93. The Morgan fingerprint density at radius 1 is 0.929 bits per heavy atom. The van der Waals surface area contributed by atoms with Gasteiger partial charge in [-0.1, -0.05) is 38.1 Å². The van der Waals surface area contributed by atoms with Crippen LogP contribution in [0.25, 0.3) is 5.57 Å². The number of ether oxygens (including phenoxy) is 1. The average Bonchev–Trinajstić information content (AvgIpc) is 2.85. The molecule has 0 spiro atoms. The van der Waals surface area contributed by atoms with Crippen molar-refractivity contribution in [2.45, 2.75) is 46.0 Å². The van der Waals surface area contributed by atoms with Crippen molar-refractivity contribution in [3.63, 3.8) is 0 Å². The van der Waals surface area contributed by atoms with Gasteiger partial charge in [-0.05, 0) is 56.2 Å². The van der Waals surface area contributed by atoms with Crippen LogP contribution < -0.4 is 9.64 Å². The Morgan fingerprint density at radius 3 is 2.18 bits per heavy atom. The van der Waals surface area contributed by atoms with E-state index in [1.807, 2.05) is 77.1 Å². The van der Waals surface area contributed by atoms with E-state index in [1.165, 1.54) is 16.7 Å². The third kappa shape index (κ3) is 4.14. The third-order valence-corrected chi connectivity index (χ3v) is 5.26. The Bertz CT molecular complexity index is 929. The number of imide groups is 1. The van der Waals surface area contributed by atoms with Gasteiger partial charge in [-0.3, -0.25) is 9.59 Å². The smallest absolute Gasteiger partial charge is 0.272 e. The lowest BCUT2D eigenvalue weighted by molar-refractivity contribution is -0.119. The lowest BCUT2D eigenvalue weighted by atomic mass is 10.1. The van der Waals surface area contributed by atoms with Gasteiger partial charge in [0, 0.05) is 5.25 Å². The summed E-state index contributed by atoms with van der Waals surface area (Å²) in [5, 5.41) is 0.183. The molecule has 1 aliphatic heterocycles. The van der Waals surface area contributed by atoms with Gasteiger partial charge in [0.15, 0.2) is 0 Å². The van der Waals surface area contributed by atoms with Crippen molar-refractivity contribution in [2.24, 2.45) is 0 Å². The molecule has 2 aromatic rings. The van der Waals surface area contributed by atoms with E-state index in [0.717, 1.165) is 16.9 Å². The number of carbonyl (C=O) groups excluding carboxylic acids is 2. The van der Waals surface area contributed by atoms with E-state index >= 15 is 0 Å². The SMILES string of the molecule is Cc1cccc(N2C(=O)C(SC(C)C)=C(c3ccc(OC(C)C)cc3)C2=O)c1. The van der Waals surface area contributed by atoms with Crippen molar-refractivity contribution < 1.29 is 14.3 Å². The first-order valence-electron chi connectivity index (χ1n) is 9.41. The highest BCUT2D eigenvalue weighted by atomic mass is 32.2. The van der Waals surface area contributed by atoms with E-state index in [9.17, 15) is 9.59 Å². The predicted molar refractivity (Wildman–Crippen MR) is 116 cm³/mol. The summed E-state index contributed by atoms with van der Waals surface area (Å²) in [6, 6.07) is 14.8. The van der Waals surface area contributed by atoms with E-state index < -0.39 is 0 Å². The predicted octanol–water partition coefficient (Wildman–Crippen LogP) is 5.21. The molecule has 0 unspecified atom stereocenters. The van der Waals surface area contributed by atoms with Gasteiger partial charge >= 0.3 is 0 Å². The molecular weight excluding hydrogens is 370 g/mol. The van der Waals surface area contributed by atoms with Crippen LogP contribution in [-0.4, -0.2) is 23.2 Å². The Balaban J connectivity index is 2.03. The largest absolute Gasteiger partial charge is 0.491 e. The van der Waals surface area contributed by atoms with Crippen LogP contribution in [0.15, 0.2) is 53.4 Å². The summed E-state index contributed by atoms with van der Waals surface area (Å²) in [6.07, 6.45) is 0.0728. The highest BCUT2D eigenvalue weighted by Gasteiger charge is 2.40. The number of carbonyl (C=O) groups is 2. The summed E-state index contributed by atoms with van der Waals surface area (Å²) in [5.74, 6) is 0.202. The topological polar surface area (TPSA) is 46.6 Å². The fraction of sp³-hybridized carbons (Fsp3) is 0.304. The van der Waals surface area contributed by atoms with Gasteiger partial charge < -0.3 is 4.74 Å². The van der Waals surface area contributed by atoms with Crippen molar-refractivity contribution in [3.05, 3.63) is 64.6 Å². The molecule has 0 saturated heterocycles. The molecule has 5 heteroatoms. The molecule has 0 saturated carbocycles. The molecule has 4 nitrogen and oxygen atoms in total. The maximum atomic E-state index is 13.3. The summed E-state index contributed by atoms with van der Waals surface area (Å²) in [6.45, 7) is 9.91. The number of hydrogen-bond acceptors (Lipinski definition) is 4. The molecule has 0 bridgehead atoms. The lowest BCUT2D eigenvalue weighted by Crippen LogP contribution is -2.31. The van der Waals surface area contributed by atoms with Crippen molar-refractivity contribution in [1.29, 1.82) is 0 Å². The molecule has 3 rings (SSSR count). The van der Waals surface area contributed by atoms with Crippen LogP contribution >= 0.6 is 11.8 Å². The van der Waals surface area contributed by atoms with Gasteiger partial charge in [0.25, 0.3) is 11.8 Å². The van der Waals surface area contributed by atoms with E-state index in [1.54, 1.807) is 6.07 Å². The van der Waals surface area contributed by atoms with E-state index in [2.05, 4.69) is 0 Å². The second kappa shape index (κ2) is 8.23. The highest BCUT2D eigenvalue weighted by Crippen LogP contribution is 2.40. The van der Waals surface area contributed by atoms with E-state index in [0.29, 0.717) is 16.2 Å². The minimum Gasteiger partial charge on any atom is -0.491 e. The van der Waals surface area contributed by atoms with Crippen LogP contribution in [0.3, 0.4) is 0 Å². The summed E-state index contributed by atoms with van der Waals surface area (Å²) in [7, 11) is 0. The minimum absolute atomic E-state index is 0.0728. The maximum absolute atomic E-state index is 13.3. The minimum atomic E-state index is -0.281. The Kier molecular flexibility index (Phi) is 5.94. The maximum Gasteiger partial charge on any atom is 0.272 e. The normalized spacial score (nSPS) is 14.6. The number of aryl methyl sites for hydroxylation is 1. The number of benzene rings is 2. The zero-order valence-electron chi connectivity index (χ0n) is 16.9. The van der Waals surface area contributed by atoms with Gasteiger partial charge in [0.05, 0.1) is 22.3 Å². The summed E-state index contributed by atoms with van der Waals surface area (Å²) in [4.78, 5) is 28.2. The molecule has 0 aromatic heterocycles. The van der Waals surface area contributed by atoms with Crippen molar-refractivity contribution in [1.82, 2.24) is 0 Å². The van der Waals surface area contributed by atoms with Crippen molar-refractivity contribution in [3.8, 4) is 5.75 Å². The van der Waals surface area contributed by atoms with Gasteiger partial charge in [-0.2, -0.15) is 0 Å². The third-order valence-electron chi connectivity index (χ3n) is 4.17. The molecule has 1 heterocycles. The quantitative estimate of drug-likeness (QED) is 0.630. The number of anilines is 1. The monoisotopic (exact) mass is 395 g/mol. The van der Waals surface area contributed by atoms with E-state index in [4.69, 9.17) is 4.74 Å². The molecule has 2 aromatic carbocycles. The molecule has 146 valence electrons.